The van der Waals surface area contributed by atoms with Crippen LogP contribution in [0.4, 0.5) is 4.39 Å². The van der Waals surface area contributed by atoms with E-state index in [0.29, 0.717) is 22.5 Å². The minimum atomic E-state index is -3.60. The summed E-state index contributed by atoms with van der Waals surface area (Å²) in [7, 11) is -0.497. The molecule has 11 heteroatoms. The van der Waals surface area contributed by atoms with E-state index in [1.54, 1.807) is 30.2 Å². The van der Waals surface area contributed by atoms with Gasteiger partial charge in [-0.1, -0.05) is 26.0 Å². The van der Waals surface area contributed by atoms with Crippen molar-refractivity contribution >= 4 is 27.4 Å². The number of hydrogen-bond donors (Lipinski definition) is 3. The van der Waals surface area contributed by atoms with E-state index in [-0.39, 0.29) is 12.3 Å². The standard InChI is InChI=1S/C23H32FN3O6S/c1-14(2)21-19(11-10-17(28)12-18(29)13-20(30)31)22(15-6-8-16(24)9-7-15)26(3)23(25-21)27(4)34(5,32)33/h6-11,14,17-18,23,28-29H,12-13H2,1-5H3,(H,30,31)/b11-10+/t17-,18+,23?/m0/s1. The summed E-state index contributed by atoms with van der Waals surface area (Å²) in [6.07, 6.45) is 0.224. The molecular weight excluding hydrogens is 465 g/mol. The van der Waals surface area contributed by atoms with Gasteiger partial charge in [0, 0.05) is 26.1 Å². The van der Waals surface area contributed by atoms with Gasteiger partial charge in [-0.3, -0.25) is 4.79 Å². The second-order valence-electron chi connectivity index (χ2n) is 8.59. The van der Waals surface area contributed by atoms with Crippen molar-refractivity contribution in [2.24, 2.45) is 10.9 Å². The molecule has 1 unspecified atom stereocenters. The number of carbonyl (C=O) groups is 1. The first-order valence-corrected chi connectivity index (χ1v) is 12.6. The van der Waals surface area contributed by atoms with E-state index in [1.165, 1.54) is 25.3 Å². The third-order valence-electron chi connectivity index (χ3n) is 5.41. The number of aliphatic hydroxyl groups is 2. The summed E-state index contributed by atoms with van der Waals surface area (Å²) < 4.78 is 39.3. The zero-order valence-corrected chi connectivity index (χ0v) is 20.7. The molecule has 0 aliphatic carbocycles. The predicted molar refractivity (Wildman–Crippen MR) is 128 cm³/mol. The molecule has 3 atom stereocenters. The number of halogens is 1. The van der Waals surface area contributed by atoms with Crippen LogP contribution in [0.5, 0.6) is 0 Å². The summed E-state index contributed by atoms with van der Waals surface area (Å²) in [6.45, 7) is 3.79. The maximum Gasteiger partial charge on any atom is 0.305 e. The van der Waals surface area contributed by atoms with Gasteiger partial charge in [-0.15, -0.1) is 0 Å². The number of sulfonamides is 1. The highest BCUT2D eigenvalue weighted by atomic mass is 32.2. The van der Waals surface area contributed by atoms with Crippen molar-refractivity contribution in [2.45, 2.75) is 45.2 Å². The summed E-state index contributed by atoms with van der Waals surface area (Å²) in [5, 5.41) is 29.0. The molecule has 2 rings (SSSR count). The maximum atomic E-state index is 13.6. The van der Waals surface area contributed by atoms with Crippen molar-refractivity contribution < 1.29 is 32.9 Å². The molecule has 1 aromatic carbocycles. The molecule has 0 saturated carbocycles. The Kier molecular flexibility index (Phi) is 9.12. The topological polar surface area (TPSA) is 131 Å². The highest BCUT2D eigenvalue weighted by Gasteiger charge is 2.34. The molecule has 1 aliphatic rings. The average molecular weight is 498 g/mol. The predicted octanol–water partition coefficient (Wildman–Crippen LogP) is 1.90. The Morgan fingerprint density at radius 1 is 1.26 bits per heavy atom. The molecule has 0 fully saturated rings. The zero-order chi connectivity index (χ0) is 25.8. The zero-order valence-electron chi connectivity index (χ0n) is 19.9. The Balaban J connectivity index is 2.59. The molecule has 1 heterocycles. The largest absolute Gasteiger partial charge is 0.481 e. The lowest BCUT2D eigenvalue weighted by Crippen LogP contribution is -2.48. The van der Waals surface area contributed by atoms with Gasteiger partial charge in [0.1, 0.15) is 5.82 Å². The fraction of sp³-hybridized carbons (Fsp3) is 0.478. The molecule has 188 valence electrons. The molecule has 34 heavy (non-hydrogen) atoms. The Morgan fingerprint density at radius 3 is 2.35 bits per heavy atom. The van der Waals surface area contributed by atoms with Gasteiger partial charge in [-0.25, -0.2) is 17.8 Å². The second-order valence-corrected chi connectivity index (χ2v) is 10.6. The van der Waals surface area contributed by atoms with Crippen LogP contribution in [0.25, 0.3) is 5.70 Å². The number of aliphatic carboxylic acids is 1. The quantitative estimate of drug-likeness (QED) is 0.450. The molecule has 1 aromatic rings. The number of allylic oxidation sites excluding steroid dienone is 2. The molecule has 0 spiro atoms. The Bertz CT molecular complexity index is 1080. The van der Waals surface area contributed by atoms with Gasteiger partial charge in [-0.2, -0.15) is 4.31 Å². The number of rotatable bonds is 10. The first-order chi connectivity index (χ1) is 15.7. The van der Waals surface area contributed by atoms with Crippen LogP contribution in [-0.2, 0) is 14.8 Å². The van der Waals surface area contributed by atoms with E-state index in [1.807, 2.05) is 13.8 Å². The second kappa shape index (κ2) is 11.2. The Morgan fingerprint density at radius 2 is 1.85 bits per heavy atom. The Hall–Kier alpha value is -2.60. The summed E-state index contributed by atoms with van der Waals surface area (Å²) in [5.74, 6) is -1.73. The summed E-state index contributed by atoms with van der Waals surface area (Å²) in [4.78, 5) is 17.1. The number of carboxylic acids is 1. The SMILES string of the molecule is CC(C)C1=NC(N(C)S(C)(=O)=O)N(C)C(c2ccc(F)cc2)=C1/C=C/[C@H](O)C[C@@H](O)CC(=O)O. The van der Waals surface area contributed by atoms with Crippen molar-refractivity contribution in [3.8, 4) is 0 Å². The lowest BCUT2D eigenvalue weighted by atomic mass is 9.92. The van der Waals surface area contributed by atoms with E-state index in [4.69, 9.17) is 5.11 Å². The molecule has 0 radical (unpaired) electrons. The number of benzene rings is 1. The van der Waals surface area contributed by atoms with Gasteiger partial charge in [0.25, 0.3) is 0 Å². The van der Waals surface area contributed by atoms with Crippen molar-refractivity contribution in [3.05, 3.63) is 53.4 Å². The van der Waals surface area contributed by atoms with Crippen molar-refractivity contribution in [1.82, 2.24) is 9.21 Å². The molecule has 3 N–H and O–H groups in total. The van der Waals surface area contributed by atoms with Gasteiger partial charge in [-0.05, 0) is 35.7 Å². The van der Waals surface area contributed by atoms with Gasteiger partial charge < -0.3 is 20.2 Å². The highest BCUT2D eigenvalue weighted by Crippen LogP contribution is 2.33. The van der Waals surface area contributed by atoms with E-state index in [0.717, 1.165) is 10.6 Å². The van der Waals surface area contributed by atoms with Crippen LogP contribution < -0.4 is 0 Å². The van der Waals surface area contributed by atoms with E-state index < -0.39 is 46.7 Å². The minimum Gasteiger partial charge on any atom is -0.481 e. The molecule has 1 aliphatic heterocycles. The van der Waals surface area contributed by atoms with E-state index in [2.05, 4.69) is 4.99 Å². The number of aliphatic hydroxyl groups excluding tert-OH is 2. The fourth-order valence-corrected chi connectivity index (χ4v) is 4.18. The lowest BCUT2D eigenvalue weighted by Gasteiger charge is -2.39. The van der Waals surface area contributed by atoms with Crippen molar-refractivity contribution in [1.29, 1.82) is 0 Å². The van der Waals surface area contributed by atoms with Crippen LogP contribution in [0.2, 0.25) is 0 Å². The monoisotopic (exact) mass is 497 g/mol. The molecule has 0 saturated heterocycles. The van der Waals surface area contributed by atoms with Crippen LogP contribution in [0, 0.1) is 11.7 Å². The lowest BCUT2D eigenvalue weighted by molar-refractivity contribution is -0.139. The normalized spacial score (nSPS) is 19.2. The summed E-state index contributed by atoms with van der Waals surface area (Å²) in [5.41, 5.74) is 2.36. The maximum absolute atomic E-state index is 13.6. The minimum absolute atomic E-state index is 0.131. The van der Waals surface area contributed by atoms with Gasteiger partial charge in [0.15, 0.2) is 6.29 Å². The highest BCUT2D eigenvalue weighted by molar-refractivity contribution is 7.88. The fourth-order valence-electron chi connectivity index (χ4n) is 3.64. The molecule has 9 nitrogen and oxygen atoms in total. The van der Waals surface area contributed by atoms with Crippen LogP contribution >= 0.6 is 0 Å². The van der Waals surface area contributed by atoms with Crippen molar-refractivity contribution in [2.75, 3.05) is 20.4 Å². The Labute approximate surface area is 199 Å². The molecule has 0 amide bonds. The number of aliphatic imine (C=N–C) groups is 1. The number of hydrogen-bond acceptors (Lipinski definition) is 7. The first-order valence-electron chi connectivity index (χ1n) is 10.7. The number of nitrogens with zero attached hydrogens (tertiary/aromatic N) is 3. The third-order valence-corrected chi connectivity index (χ3v) is 6.64. The third kappa shape index (κ3) is 6.95. The van der Waals surface area contributed by atoms with Gasteiger partial charge in [0.2, 0.25) is 10.0 Å². The molecule has 0 aromatic heterocycles. The molecular formula is C23H32FN3O6S. The number of carboxylic acid groups (broad SMARTS) is 1. The van der Waals surface area contributed by atoms with Crippen LogP contribution in [-0.4, -0.2) is 83.5 Å². The van der Waals surface area contributed by atoms with Crippen molar-refractivity contribution in [3.63, 3.8) is 0 Å². The summed E-state index contributed by atoms with van der Waals surface area (Å²) >= 11 is 0. The van der Waals surface area contributed by atoms with Crippen LogP contribution in [0.1, 0.15) is 32.3 Å². The average Bonchev–Trinajstić information content (AvgIpc) is 2.71. The first kappa shape index (κ1) is 27.6. The van der Waals surface area contributed by atoms with Crippen LogP contribution in [0.15, 0.2) is 47.0 Å². The molecule has 0 bridgehead atoms. The van der Waals surface area contributed by atoms with Gasteiger partial charge in [0.05, 0.1) is 36.3 Å². The van der Waals surface area contributed by atoms with E-state index in [9.17, 15) is 27.8 Å². The smallest absolute Gasteiger partial charge is 0.305 e. The summed E-state index contributed by atoms with van der Waals surface area (Å²) in [6, 6.07) is 5.74. The van der Waals surface area contributed by atoms with E-state index >= 15 is 0 Å². The van der Waals surface area contributed by atoms with Gasteiger partial charge >= 0.3 is 5.97 Å². The van der Waals surface area contributed by atoms with Crippen LogP contribution in [0.3, 0.4) is 0 Å².